The third-order valence-corrected chi connectivity index (χ3v) is 6.16. The Bertz CT molecular complexity index is 869. The number of para-hydroxylation sites is 1. The number of hydrogen-bond acceptors (Lipinski definition) is 4. The van der Waals surface area contributed by atoms with Gasteiger partial charge in [0, 0.05) is 19.6 Å². The molecule has 1 aromatic carbocycles. The maximum Gasteiger partial charge on any atom is 0.262 e. The number of thioether (sulfide) groups is 1. The molecule has 3 unspecified atom stereocenters. The summed E-state index contributed by atoms with van der Waals surface area (Å²) < 4.78 is 1.72. The van der Waals surface area contributed by atoms with Crippen molar-refractivity contribution >= 4 is 28.6 Å². The summed E-state index contributed by atoms with van der Waals surface area (Å²) in [7, 11) is 0. The number of likely N-dealkylation sites (tertiary alicyclic amines) is 1. The van der Waals surface area contributed by atoms with Gasteiger partial charge in [-0.25, -0.2) is 4.98 Å². The van der Waals surface area contributed by atoms with Crippen LogP contribution in [0.1, 0.15) is 40.5 Å². The minimum Gasteiger partial charge on any atom is -0.341 e. The smallest absolute Gasteiger partial charge is 0.262 e. The van der Waals surface area contributed by atoms with Gasteiger partial charge in [0.15, 0.2) is 5.16 Å². The average molecular weight is 388 g/mol. The third-order valence-electron chi connectivity index (χ3n) is 5.08. The van der Waals surface area contributed by atoms with Crippen molar-refractivity contribution in [3.63, 3.8) is 0 Å². The molecule has 3 rings (SSSR count). The predicted molar refractivity (Wildman–Crippen MR) is 111 cm³/mol. The topological polar surface area (TPSA) is 55.2 Å². The van der Waals surface area contributed by atoms with Gasteiger partial charge in [-0.1, -0.05) is 44.7 Å². The Morgan fingerprint density at radius 1 is 1.26 bits per heavy atom. The lowest BCUT2D eigenvalue weighted by Gasteiger charge is -2.36. The van der Waals surface area contributed by atoms with Crippen molar-refractivity contribution in [1.82, 2.24) is 14.5 Å². The molecule has 1 amide bonds. The van der Waals surface area contributed by atoms with E-state index in [2.05, 4.69) is 13.8 Å². The SMILES string of the molecule is CCCn1c(SC(C)C(=O)N2CC(C)CC(C)C2)nc2ccccc2c1=O. The van der Waals surface area contributed by atoms with E-state index in [1.165, 1.54) is 18.2 Å². The largest absolute Gasteiger partial charge is 0.341 e. The van der Waals surface area contributed by atoms with Crippen LogP contribution in [0.4, 0.5) is 0 Å². The van der Waals surface area contributed by atoms with E-state index < -0.39 is 0 Å². The first-order chi connectivity index (χ1) is 12.9. The second-order valence-electron chi connectivity index (χ2n) is 7.82. The highest BCUT2D eigenvalue weighted by molar-refractivity contribution is 8.00. The molecule has 0 bridgehead atoms. The summed E-state index contributed by atoms with van der Waals surface area (Å²) in [5.41, 5.74) is 0.669. The van der Waals surface area contributed by atoms with E-state index in [1.54, 1.807) is 4.57 Å². The molecule has 1 aromatic heterocycles. The van der Waals surface area contributed by atoms with Crippen LogP contribution >= 0.6 is 11.8 Å². The molecular formula is C21H29N3O2S. The number of benzene rings is 1. The third kappa shape index (κ3) is 4.37. The Hall–Kier alpha value is -1.82. The normalized spacial score (nSPS) is 21.4. The highest BCUT2D eigenvalue weighted by atomic mass is 32.2. The molecule has 1 fully saturated rings. The summed E-state index contributed by atoms with van der Waals surface area (Å²) >= 11 is 1.40. The maximum absolute atomic E-state index is 13.0. The molecule has 1 aliphatic rings. The lowest BCUT2D eigenvalue weighted by Crippen LogP contribution is -2.45. The molecule has 0 N–H and O–H groups in total. The first kappa shape index (κ1) is 19.9. The van der Waals surface area contributed by atoms with E-state index in [1.807, 2.05) is 43.0 Å². The second kappa shape index (κ2) is 8.46. The van der Waals surface area contributed by atoms with Gasteiger partial charge in [0.05, 0.1) is 16.2 Å². The van der Waals surface area contributed by atoms with Crippen LogP contribution in [-0.2, 0) is 11.3 Å². The van der Waals surface area contributed by atoms with Crippen molar-refractivity contribution in [3.8, 4) is 0 Å². The molecule has 0 aliphatic carbocycles. The van der Waals surface area contributed by atoms with E-state index in [-0.39, 0.29) is 16.7 Å². The fourth-order valence-corrected chi connectivity index (χ4v) is 4.99. The zero-order valence-corrected chi connectivity index (χ0v) is 17.5. The van der Waals surface area contributed by atoms with Crippen molar-refractivity contribution < 1.29 is 4.79 Å². The van der Waals surface area contributed by atoms with E-state index in [0.29, 0.717) is 34.4 Å². The quantitative estimate of drug-likeness (QED) is 0.579. The van der Waals surface area contributed by atoms with Gasteiger partial charge in [-0.2, -0.15) is 0 Å². The van der Waals surface area contributed by atoms with Crippen LogP contribution in [0.15, 0.2) is 34.2 Å². The number of fused-ring (bicyclic) bond motifs is 1. The molecule has 0 spiro atoms. The van der Waals surface area contributed by atoms with E-state index in [4.69, 9.17) is 4.98 Å². The predicted octanol–water partition coefficient (Wildman–Crippen LogP) is 3.79. The number of carbonyl (C=O) groups is 1. The van der Waals surface area contributed by atoms with Gasteiger partial charge in [-0.05, 0) is 43.7 Å². The molecule has 27 heavy (non-hydrogen) atoms. The molecule has 0 saturated carbocycles. The molecule has 146 valence electrons. The molecule has 1 aliphatic heterocycles. The van der Waals surface area contributed by atoms with Crippen LogP contribution in [0, 0.1) is 11.8 Å². The lowest BCUT2D eigenvalue weighted by molar-refractivity contribution is -0.132. The highest BCUT2D eigenvalue weighted by Crippen LogP contribution is 2.27. The molecule has 0 radical (unpaired) electrons. The number of nitrogens with zero attached hydrogens (tertiary/aromatic N) is 3. The number of hydrogen-bond donors (Lipinski definition) is 0. The standard InChI is InChI=1S/C21H29N3O2S/c1-5-10-24-20(26)17-8-6-7-9-18(17)22-21(24)27-16(4)19(25)23-12-14(2)11-15(3)13-23/h6-9,14-16H,5,10-13H2,1-4H3. The number of amides is 1. The van der Waals surface area contributed by atoms with Crippen LogP contribution in [0.25, 0.3) is 10.9 Å². The van der Waals surface area contributed by atoms with Gasteiger partial charge in [0.25, 0.3) is 5.56 Å². The summed E-state index contributed by atoms with van der Waals surface area (Å²) in [5, 5.41) is 1.01. The Labute approximate surface area is 165 Å². The number of rotatable bonds is 5. The Morgan fingerprint density at radius 2 is 1.93 bits per heavy atom. The first-order valence-corrected chi connectivity index (χ1v) is 10.7. The highest BCUT2D eigenvalue weighted by Gasteiger charge is 2.29. The van der Waals surface area contributed by atoms with Crippen molar-refractivity contribution in [2.24, 2.45) is 11.8 Å². The zero-order chi connectivity index (χ0) is 19.6. The Kier molecular flexibility index (Phi) is 6.25. The van der Waals surface area contributed by atoms with Gasteiger partial charge in [0.1, 0.15) is 0 Å². The summed E-state index contributed by atoms with van der Waals surface area (Å²) in [6.07, 6.45) is 2.02. The molecule has 1 saturated heterocycles. The maximum atomic E-state index is 13.0. The number of piperidine rings is 1. The van der Waals surface area contributed by atoms with Gasteiger partial charge >= 0.3 is 0 Å². The van der Waals surface area contributed by atoms with Crippen LogP contribution < -0.4 is 5.56 Å². The summed E-state index contributed by atoms with van der Waals surface area (Å²) in [5.74, 6) is 1.21. The van der Waals surface area contributed by atoms with Crippen molar-refractivity contribution in [2.45, 2.75) is 57.5 Å². The van der Waals surface area contributed by atoms with Crippen LogP contribution in [0.5, 0.6) is 0 Å². The molecule has 6 heteroatoms. The molecule has 3 atom stereocenters. The number of carbonyl (C=O) groups excluding carboxylic acids is 1. The van der Waals surface area contributed by atoms with Crippen molar-refractivity contribution in [1.29, 1.82) is 0 Å². The van der Waals surface area contributed by atoms with Crippen LogP contribution in [0.2, 0.25) is 0 Å². The van der Waals surface area contributed by atoms with Gasteiger partial charge in [-0.15, -0.1) is 0 Å². The van der Waals surface area contributed by atoms with Crippen molar-refractivity contribution in [2.75, 3.05) is 13.1 Å². The Morgan fingerprint density at radius 3 is 2.59 bits per heavy atom. The summed E-state index contributed by atoms with van der Waals surface area (Å²) in [4.78, 5) is 32.6. The minimum atomic E-state index is -0.265. The van der Waals surface area contributed by atoms with Gasteiger partial charge in [0.2, 0.25) is 5.91 Å². The van der Waals surface area contributed by atoms with E-state index in [0.717, 1.165) is 19.5 Å². The van der Waals surface area contributed by atoms with Crippen molar-refractivity contribution in [3.05, 3.63) is 34.6 Å². The first-order valence-electron chi connectivity index (χ1n) is 9.85. The molecule has 2 aromatic rings. The van der Waals surface area contributed by atoms with Gasteiger partial charge < -0.3 is 4.90 Å². The van der Waals surface area contributed by atoms with Crippen LogP contribution in [0.3, 0.4) is 0 Å². The molecule has 2 heterocycles. The van der Waals surface area contributed by atoms with Gasteiger partial charge in [-0.3, -0.25) is 14.2 Å². The second-order valence-corrected chi connectivity index (χ2v) is 9.13. The summed E-state index contributed by atoms with van der Waals surface area (Å²) in [6, 6.07) is 7.42. The lowest BCUT2D eigenvalue weighted by atomic mass is 9.92. The number of aromatic nitrogens is 2. The zero-order valence-electron chi connectivity index (χ0n) is 16.6. The monoisotopic (exact) mass is 387 g/mol. The Balaban J connectivity index is 1.87. The van der Waals surface area contributed by atoms with E-state index in [9.17, 15) is 9.59 Å². The minimum absolute atomic E-state index is 0.0233. The fourth-order valence-electron chi connectivity index (χ4n) is 3.97. The molecule has 5 nitrogen and oxygen atoms in total. The fraction of sp³-hybridized carbons (Fsp3) is 0.571. The summed E-state index contributed by atoms with van der Waals surface area (Å²) in [6.45, 7) is 10.6. The van der Waals surface area contributed by atoms with E-state index >= 15 is 0 Å². The van der Waals surface area contributed by atoms with Crippen LogP contribution in [-0.4, -0.2) is 38.7 Å². The molecular weight excluding hydrogens is 358 g/mol. The average Bonchev–Trinajstić information content (AvgIpc) is 2.63.